The molecular weight excluding hydrogens is 230 g/mol. The monoisotopic (exact) mass is 239 g/mol. The maximum absolute atomic E-state index is 11.2. The summed E-state index contributed by atoms with van der Waals surface area (Å²) in [4.78, 5) is 11.2. The Kier molecular flexibility index (Phi) is 2.12. The summed E-state index contributed by atoms with van der Waals surface area (Å²) in [6.45, 7) is 2.01. The Balaban J connectivity index is 2.54. The van der Waals surface area contributed by atoms with Crippen molar-refractivity contribution in [2.75, 3.05) is 5.32 Å². The van der Waals surface area contributed by atoms with Gasteiger partial charge < -0.3 is 5.32 Å². The summed E-state index contributed by atoms with van der Waals surface area (Å²) in [6, 6.07) is 4.09. The largest absolute Gasteiger partial charge is 0.326 e. The number of carbonyl (C=O) groups excluding carboxylic acids is 1. The number of anilines is 1. The van der Waals surface area contributed by atoms with E-state index in [1.807, 2.05) is 13.0 Å². The molecule has 0 unspecified atom stereocenters. The van der Waals surface area contributed by atoms with Crippen molar-refractivity contribution < 1.29 is 4.79 Å². The Labute approximate surface area is 85.5 Å². The predicted octanol–water partition coefficient (Wildman–Crippen LogP) is 2.64. The SMILES string of the molecule is Cc1c(Br)ccc2c1NC(=O)CC2. The first kappa shape index (κ1) is 8.75. The lowest BCUT2D eigenvalue weighted by Crippen LogP contribution is -2.19. The van der Waals surface area contributed by atoms with Crippen LogP contribution in [0.5, 0.6) is 0 Å². The molecule has 0 saturated heterocycles. The molecule has 1 aromatic rings. The van der Waals surface area contributed by atoms with Gasteiger partial charge in [0.1, 0.15) is 0 Å². The summed E-state index contributed by atoms with van der Waals surface area (Å²) < 4.78 is 1.05. The van der Waals surface area contributed by atoms with E-state index in [4.69, 9.17) is 0 Å². The number of halogens is 1. The standard InChI is InChI=1S/C10H10BrNO/c1-6-8(11)4-2-7-3-5-9(13)12-10(6)7/h2,4H,3,5H2,1H3,(H,12,13). The van der Waals surface area contributed by atoms with Crippen LogP contribution in [0.4, 0.5) is 5.69 Å². The quantitative estimate of drug-likeness (QED) is 0.742. The van der Waals surface area contributed by atoms with Gasteiger partial charge in [-0.1, -0.05) is 22.0 Å². The minimum Gasteiger partial charge on any atom is -0.326 e. The van der Waals surface area contributed by atoms with Gasteiger partial charge >= 0.3 is 0 Å². The van der Waals surface area contributed by atoms with Crippen molar-refractivity contribution in [3.8, 4) is 0 Å². The molecule has 1 heterocycles. The number of aryl methyl sites for hydroxylation is 1. The lowest BCUT2D eigenvalue weighted by molar-refractivity contribution is -0.116. The van der Waals surface area contributed by atoms with Gasteiger partial charge in [0.15, 0.2) is 0 Å². The normalized spacial score (nSPS) is 15.1. The summed E-state index contributed by atoms with van der Waals surface area (Å²) in [6.07, 6.45) is 1.46. The first-order valence-electron chi connectivity index (χ1n) is 4.26. The molecule has 13 heavy (non-hydrogen) atoms. The van der Waals surface area contributed by atoms with Crippen LogP contribution < -0.4 is 5.32 Å². The van der Waals surface area contributed by atoms with Crippen LogP contribution in [0.3, 0.4) is 0 Å². The van der Waals surface area contributed by atoms with Crippen molar-refractivity contribution in [2.24, 2.45) is 0 Å². The topological polar surface area (TPSA) is 29.1 Å². The van der Waals surface area contributed by atoms with Crippen molar-refractivity contribution in [1.29, 1.82) is 0 Å². The van der Waals surface area contributed by atoms with Crippen LogP contribution in [0.2, 0.25) is 0 Å². The lowest BCUT2D eigenvalue weighted by atomic mass is 10.00. The van der Waals surface area contributed by atoms with Gasteiger partial charge in [-0.05, 0) is 30.5 Å². The minimum atomic E-state index is 0.119. The van der Waals surface area contributed by atoms with Gasteiger partial charge in [-0.3, -0.25) is 4.79 Å². The van der Waals surface area contributed by atoms with E-state index in [-0.39, 0.29) is 5.91 Å². The number of hydrogen-bond donors (Lipinski definition) is 1. The van der Waals surface area contributed by atoms with Crippen LogP contribution >= 0.6 is 15.9 Å². The van der Waals surface area contributed by atoms with Crippen molar-refractivity contribution >= 4 is 27.5 Å². The van der Waals surface area contributed by atoms with Crippen LogP contribution in [0, 0.1) is 6.92 Å². The second-order valence-electron chi connectivity index (χ2n) is 3.25. The minimum absolute atomic E-state index is 0.119. The molecule has 3 heteroatoms. The molecule has 0 spiro atoms. The molecule has 1 aromatic carbocycles. The lowest BCUT2D eigenvalue weighted by Gasteiger charge is -2.19. The fraction of sp³-hybridized carbons (Fsp3) is 0.300. The van der Waals surface area contributed by atoms with Crippen LogP contribution in [0.1, 0.15) is 17.5 Å². The van der Waals surface area contributed by atoms with Gasteiger partial charge in [0.05, 0.1) is 0 Å². The average molecular weight is 240 g/mol. The molecule has 0 saturated carbocycles. The molecule has 1 amide bonds. The second kappa shape index (κ2) is 3.14. The molecule has 0 aromatic heterocycles. The van der Waals surface area contributed by atoms with Gasteiger partial charge in [0.25, 0.3) is 0 Å². The Morgan fingerprint density at radius 1 is 1.38 bits per heavy atom. The first-order chi connectivity index (χ1) is 6.18. The Morgan fingerprint density at radius 3 is 2.92 bits per heavy atom. The smallest absolute Gasteiger partial charge is 0.224 e. The Morgan fingerprint density at radius 2 is 2.15 bits per heavy atom. The zero-order chi connectivity index (χ0) is 9.42. The highest BCUT2D eigenvalue weighted by atomic mass is 79.9. The molecule has 0 atom stereocenters. The number of nitrogens with one attached hydrogen (secondary N) is 1. The highest BCUT2D eigenvalue weighted by Gasteiger charge is 2.17. The van der Waals surface area contributed by atoms with E-state index < -0.39 is 0 Å². The van der Waals surface area contributed by atoms with Crippen molar-refractivity contribution in [1.82, 2.24) is 0 Å². The maximum atomic E-state index is 11.2. The van der Waals surface area contributed by atoms with Crippen LogP contribution in [0.15, 0.2) is 16.6 Å². The van der Waals surface area contributed by atoms with Crippen LogP contribution in [-0.4, -0.2) is 5.91 Å². The number of rotatable bonds is 0. The van der Waals surface area contributed by atoms with Crippen molar-refractivity contribution in [3.05, 3.63) is 27.7 Å². The molecule has 0 fully saturated rings. The summed E-state index contributed by atoms with van der Waals surface area (Å²) in [5, 5.41) is 2.90. The van der Waals surface area contributed by atoms with E-state index in [1.54, 1.807) is 0 Å². The number of carbonyl (C=O) groups is 1. The van der Waals surface area contributed by atoms with Gasteiger partial charge in [-0.25, -0.2) is 0 Å². The third-order valence-corrected chi connectivity index (χ3v) is 3.23. The summed E-state index contributed by atoms with van der Waals surface area (Å²) in [7, 11) is 0. The van der Waals surface area contributed by atoms with E-state index in [2.05, 4.69) is 27.3 Å². The summed E-state index contributed by atoms with van der Waals surface area (Å²) in [5.41, 5.74) is 3.34. The zero-order valence-electron chi connectivity index (χ0n) is 7.36. The fourth-order valence-electron chi connectivity index (χ4n) is 1.57. The van der Waals surface area contributed by atoms with Crippen LogP contribution in [-0.2, 0) is 11.2 Å². The highest BCUT2D eigenvalue weighted by molar-refractivity contribution is 9.10. The van der Waals surface area contributed by atoms with Gasteiger partial charge in [-0.2, -0.15) is 0 Å². The average Bonchev–Trinajstić information content (AvgIpc) is 2.12. The fourth-order valence-corrected chi connectivity index (χ4v) is 1.91. The summed E-state index contributed by atoms with van der Waals surface area (Å²) in [5.74, 6) is 0.119. The molecule has 68 valence electrons. The van der Waals surface area contributed by atoms with Gasteiger partial charge in [0, 0.05) is 16.6 Å². The molecule has 0 aliphatic carbocycles. The molecular formula is C10H10BrNO. The highest BCUT2D eigenvalue weighted by Crippen LogP contribution is 2.31. The molecule has 0 radical (unpaired) electrons. The Hall–Kier alpha value is -0.830. The van der Waals surface area contributed by atoms with Crippen molar-refractivity contribution in [2.45, 2.75) is 19.8 Å². The molecule has 1 aliphatic heterocycles. The number of fused-ring (bicyclic) bond motifs is 1. The summed E-state index contributed by atoms with van der Waals surface area (Å²) >= 11 is 3.44. The zero-order valence-corrected chi connectivity index (χ0v) is 8.94. The molecule has 0 bridgehead atoms. The number of benzene rings is 1. The Bertz CT molecular complexity index is 373. The first-order valence-corrected chi connectivity index (χ1v) is 5.05. The third-order valence-electron chi connectivity index (χ3n) is 2.37. The molecule has 1 N–H and O–H groups in total. The van der Waals surface area contributed by atoms with E-state index in [0.29, 0.717) is 6.42 Å². The molecule has 2 rings (SSSR count). The van der Waals surface area contributed by atoms with E-state index in [9.17, 15) is 4.79 Å². The molecule has 1 aliphatic rings. The predicted molar refractivity (Wildman–Crippen MR) is 55.8 cm³/mol. The maximum Gasteiger partial charge on any atom is 0.224 e. The van der Waals surface area contributed by atoms with Gasteiger partial charge in [-0.15, -0.1) is 0 Å². The van der Waals surface area contributed by atoms with E-state index in [1.165, 1.54) is 5.56 Å². The van der Waals surface area contributed by atoms with Gasteiger partial charge in [0.2, 0.25) is 5.91 Å². The van der Waals surface area contributed by atoms with Crippen molar-refractivity contribution in [3.63, 3.8) is 0 Å². The second-order valence-corrected chi connectivity index (χ2v) is 4.11. The number of amides is 1. The number of hydrogen-bond acceptors (Lipinski definition) is 1. The molecule has 2 nitrogen and oxygen atoms in total. The van der Waals surface area contributed by atoms with Crippen LogP contribution in [0.25, 0.3) is 0 Å². The third kappa shape index (κ3) is 1.48. The van der Waals surface area contributed by atoms with E-state index in [0.717, 1.165) is 22.1 Å². The van der Waals surface area contributed by atoms with E-state index >= 15 is 0 Å².